The summed E-state index contributed by atoms with van der Waals surface area (Å²) in [4.78, 5) is 28.0. The molecular weight excluding hydrogens is 388 g/mol. The van der Waals surface area contributed by atoms with Gasteiger partial charge in [-0.05, 0) is 62.8 Å². The molecule has 5 rings (SSSR count). The molecule has 0 radical (unpaired) electrons. The number of para-hydroxylation sites is 2. The third-order valence-corrected chi connectivity index (χ3v) is 7.54. The van der Waals surface area contributed by atoms with E-state index in [0.717, 1.165) is 43.4 Å². The number of primary amides is 1. The molecular formula is C25H30N4O2. The molecule has 3 aromatic rings. The van der Waals surface area contributed by atoms with E-state index in [-0.39, 0.29) is 11.2 Å². The van der Waals surface area contributed by atoms with Gasteiger partial charge < -0.3 is 5.73 Å². The molecule has 1 aliphatic carbocycles. The first kappa shape index (κ1) is 20.1. The highest BCUT2D eigenvalue weighted by Gasteiger charge is 2.39. The fourth-order valence-corrected chi connectivity index (χ4v) is 5.65. The molecule has 1 aliphatic heterocycles. The second kappa shape index (κ2) is 7.38. The Morgan fingerprint density at radius 1 is 1.06 bits per heavy atom. The summed E-state index contributed by atoms with van der Waals surface area (Å²) in [6.07, 6.45) is 4.10. The Kier molecular flexibility index (Phi) is 4.77. The number of likely N-dealkylation sites (tertiary alicyclic amines) is 1. The first-order chi connectivity index (χ1) is 14.9. The molecule has 0 spiro atoms. The van der Waals surface area contributed by atoms with Crippen LogP contribution in [0.1, 0.15) is 56.3 Å². The van der Waals surface area contributed by atoms with E-state index in [1.54, 1.807) is 11.5 Å². The van der Waals surface area contributed by atoms with Crippen molar-refractivity contribution in [2.75, 3.05) is 13.1 Å². The Morgan fingerprint density at radius 3 is 2.42 bits per heavy atom. The van der Waals surface area contributed by atoms with Gasteiger partial charge in [0.25, 0.3) is 0 Å². The van der Waals surface area contributed by atoms with Gasteiger partial charge >= 0.3 is 5.69 Å². The van der Waals surface area contributed by atoms with Crippen molar-refractivity contribution in [2.24, 2.45) is 5.73 Å². The second-order valence-electron chi connectivity index (χ2n) is 9.34. The van der Waals surface area contributed by atoms with Crippen LogP contribution < -0.4 is 11.4 Å². The fraction of sp³-hybridized carbons (Fsp3) is 0.440. The predicted molar refractivity (Wildman–Crippen MR) is 122 cm³/mol. The number of aryl methyl sites for hydroxylation is 1. The normalized spacial score (nSPS) is 21.8. The van der Waals surface area contributed by atoms with Gasteiger partial charge in [0.2, 0.25) is 5.91 Å². The standard InChI is InChI=1S/C25H30N4O2/c1-17(23(26)30)28-21-9-5-6-10-22(21)29(24(28)31)25(2)13-15-27(16-14-25)20-12-11-18-7-3-4-8-19(18)20/h3-10,17,20H,11-16H2,1-2H3,(H2,26,30). The van der Waals surface area contributed by atoms with Crippen LogP contribution in [0.5, 0.6) is 0 Å². The van der Waals surface area contributed by atoms with Crippen molar-refractivity contribution in [3.63, 3.8) is 0 Å². The Morgan fingerprint density at radius 2 is 1.71 bits per heavy atom. The predicted octanol–water partition coefficient (Wildman–Crippen LogP) is 3.35. The van der Waals surface area contributed by atoms with Gasteiger partial charge in [0.15, 0.2) is 0 Å². The molecule has 1 amide bonds. The number of aromatic nitrogens is 2. The van der Waals surface area contributed by atoms with Gasteiger partial charge in [-0.3, -0.25) is 18.8 Å². The van der Waals surface area contributed by atoms with Crippen molar-refractivity contribution < 1.29 is 4.79 Å². The Labute approximate surface area is 182 Å². The summed E-state index contributed by atoms with van der Waals surface area (Å²) in [6, 6.07) is 16.3. The second-order valence-corrected chi connectivity index (χ2v) is 9.34. The fourth-order valence-electron chi connectivity index (χ4n) is 5.65. The van der Waals surface area contributed by atoms with Crippen molar-refractivity contribution in [3.05, 3.63) is 70.1 Å². The number of hydrogen-bond acceptors (Lipinski definition) is 3. The van der Waals surface area contributed by atoms with Crippen LogP contribution in [-0.4, -0.2) is 33.0 Å². The van der Waals surface area contributed by atoms with Crippen molar-refractivity contribution in [1.82, 2.24) is 14.0 Å². The topological polar surface area (TPSA) is 73.3 Å². The maximum Gasteiger partial charge on any atom is 0.330 e. The third kappa shape index (κ3) is 3.12. The molecule has 2 N–H and O–H groups in total. The van der Waals surface area contributed by atoms with Gasteiger partial charge in [-0.25, -0.2) is 4.79 Å². The lowest BCUT2D eigenvalue weighted by atomic mass is 9.87. The molecule has 2 atom stereocenters. The molecule has 162 valence electrons. The summed E-state index contributed by atoms with van der Waals surface area (Å²) in [5.41, 5.74) is 9.71. The average Bonchev–Trinajstić information content (AvgIpc) is 3.32. The minimum absolute atomic E-state index is 0.144. The number of fused-ring (bicyclic) bond motifs is 2. The number of rotatable bonds is 4. The molecule has 2 unspecified atom stereocenters. The molecule has 6 heteroatoms. The molecule has 1 fully saturated rings. The summed E-state index contributed by atoms with van der Waals surface area (Å²) < 4.78 is 3.48. The van der Waals surface area contributed by atoms with Gasteiger partial charge in [0.05, 0.1) is 11.0 Å². The van der Waals surface area contributed by atoms with E-state index in [2.05, 4.69) is 36.1 Å². The SMILES string of the molecule is CC(C(N)=O)n1c(=O)n(C2(C)CCN(C3CCc4ccccc43)CC2)c2ccccc21. The third-order valence-electron chi connectivity index (χ3n) is 7.54. The summed E-state index contributed by atoms with van der Waals surface area (Å²) in [5, 5.41) is 0. The summed E-state index contributed by atoms with van der Waals surface area (Å²) in [7, 11) is 0. The van der Waals surface area contributed by atoms with Crippen molar-refractivity contribution in [3.8, 4) is 0 Å². The van der Waals surface area contributed by atoms with Crippen LogP contribution in [0.2, 0.25) is 0 Å². The summed E-state index contributed by atoms with van der Waals surface area (Å²) in [5.74, 6) is -0.495. The van der Waals surface area contributed by atoms with Gasteiger partial charge in [0, 0.05) is 24.7 Å². The van der Waals surface area contributed by atoms with Gasteiger partial charge in [-0.2, -0.15) is 0 Å². The lowest BCUT2D eigenvalue weighted by Gasteiger charge is -2.42. The molecule has 2 heterocycles. The Balaban J connectivity index is 1.48. The zero-order valence-electron chi connectivity index (χ0n) is 18.3. The highest BCUT2D eigenvalue weighted by molar-refractivity contribution is 5.82. The zero-order chi connectivity index (χ0) is 21.8. The highest BCUT2D eigenvalue weighted by atomic mass is 16.2. The zero-order valence-corrected chi connectivity index (χ0v) is 18.3. The van der Waals surface area contributed by atoms with E-state index >= 15 is 0 Å². The van der Waals surface area contributed by atoms with E-state index in [1.807, 2.05) is 28.8 Å². The molecule has 6 nitrogen and oxygen atoms in total. The van der Waals surface area contributed by atoms with E-state index in [9.17, 15) is 9.59 Å². The van der Waals surface area contributed by atoms with E-state index in [4.69, 9.17) is 5.73 Å². The number of carbonyl (C=O) groups is 1. The van der Waals surface area contributed by atoms with Crippen LogP contribution >= 0.6 is 0 Å². The minimum Gasteiger partial charge on any atom is -0.368 e. The first-order valence-electron chi connectivity index (χ1n) is 11.2. The van der Waals surface area contributed by atoms with Crippen LogP contribution in [0.15, 0.2) is 53.3 Å². The van der Waals surface area contributed by atoms with Crippen molar-refractivity contribution in [1.29, 1.82) is 0 Å². The molecule has 2 aromatic carbocycles. The number of benzene rings is 2. The molecule has 1 saturated heterocycles. The molecule has 31 heavy (non-hydrogen) atoms. The quantitative estimate of drug-likeness (QED) is 0.706. The van der Waals surface area contributed by atoms with E-state index in [0.29, 0.717) is 6.04 Å². The van der Waals surface area contributed by atoms with Crippen LogP contribution in [0.25, 0.3) is 11.0 Å². The Bertz CT molecular complexity index is 1200. The molecule has 0 saturated carbocycles. The number of carbonyl (C=O) groups excluding carboxylic acids is 1. The van der Waals surface area contributed by atoms with Crippen LogP contribution in [0, 0.1) is 0 Å². The average molecular weight is 419 g/mol. The van der Waals surface area contributed by atoms with Crippen LogP contribution in [0.3, 0.4) is 0 Å². The molecule has 2 aliphatic rings. The van der Waals surface area contributed by atoms with Crippen molar-refractivity contribution in [2.45, 2.75) is 57.2 Å². The van der Waals surface area contributed by atoms with Crippen LogP contribution in [-0.2, 0) is 16.8 Å². The maximum absolute atomic E-state index is 13.5. The first-order valence-corrected chi connectivity index (χ1v) is 11.2. The van der Waals surface area contributed by atoms with E-state index < -0.39 is 11.9 Å². The number of imidazole rings is 1. The van der Waals surface area contributed by atoms with Crippen molar-refractivity contribution >= 4 is 16.9 Å². The lowest BCUT2D eigenvalue weighted by Crippen LogP contribution is -2.49. The number of nitrogens with two attached hydrogens (primary N) is 1. The number of amides is 1. The maximum atomic E-state index is 13.5. The monoisotopic (exact) mass is 418 g/mol. The minimum atomic E-state index is -0.683. The van der Waals surface area contributed by atoms with Gasteiger partial charge in [-0.15, -0.1) is 0 Å². The van der Waals surface area contributed by atoms with Gasteiger partial charge in [0.1, 0.15) is 6.04 Å². The molecule has 1 aromatic heterocycles. The Hall–Kier alpha value is -2.86. The largest absolute Gasteiger partial charge is 0.368 e. The number of nitrogens with zero attached hydrogens (tertiary/aromatic N) is 3. The lowest BCUT2D eigenvalue weighted by molar-refractivity contribution is -0.120. The smallest absolute Gasteiger partial charge is 0.330 e. The summed E-state index contributed by atoms with van der Waals surface area (Å²) >= 11 is 0. The van der Waals surface area contributed by atoms with E-state index in [1.165, 1.54) is 17.5 Å². The van der Waals surface area contributed by atoms with Gasteiger partial charge in [-0.1, -0.05) is 36.4 Å². The highest BCUT2D eigenvalue weighted by Crippen LogP contribution is 2.40. The number of piperidine rings is 1. The van der Waals surface area contributed by atoms with Crippen LogP contribution in [0.4, 0.5) is 0 Å². The molecule has 0 bridgehead atoms. The summed E-state index contributed by atoms with van der Waals surface area (Å²) in [6.45, 7) is 5.78. The number of hydrogen-bond donors (Lipinski definition) is 1.